The molecule has 0 unspecified atom stereocenters. The summed E-state index contributed by atoms with van der Waals surface area (Å²) < 4.78 is 0. The van der Waals surface area contributed by atoms with Crippen molar-refractivity contribution < 1.29 is 9.59 Å². The van der Waals surface area contributed by atoms with Gasteiger partial charge in [-0.25, -0.2) is 0 Å². The van der Waals surface area contributed by atoms with E-state index >= 15 is 0 Å². The number of amides is 2. The third-order valence-corrected chi connectivity index (χ3v) is 2.96. The lowest BCUT2D eigenvalue weighted by Crippen LogP contribution is -2.45. The monoisotopic (exact) mass is 248 g/mol. The van der Waals surface area contributed by atoms with Crippen LogP contribution in [0.3, 0.4) is 0 Å². The zero-order chi connectivity index (χ0) is 13.5. The predicted octanol–water partition coefficient (Wildman–Crippen LogP) is 0.439. The van der Waals surface area contributed by atoms with E-state index in [-0.39, 0.29) is 5.91 Å². The summed E-state index contributed by atoms with van der Waals surface area (Å²) in [5.41, 5.74) is 12.9. The average Bonchev–Trinajstić information content (AvgIpc) is 2.57. The highest BCUT2D eigenvalue weighted by molar-refractivity contribution is 6.01. The number of carbonyl (C=O) groups excluding carboxylic acids is 2. The number of nitrogens with two attached hydrogens (primary N) is 2. The number of benzene rings is 1. The van der Waals surface area contributed by atoms with Crippen LogP contribution in [0.1, 0.15) is 19.4 Å². The minimum atomic E-state index is -0.912. The quantitative estimate of drug-likeness (QED) is 0.582. The Kier molecular flexibility index (Phi) is 2.65. The van der Waals surface area contributed by atoms with Crippen molar-refractivity contribution in [2.45, 2.75) is 25.8 Å². The van der Waals surface area contributed by atoms with Crippen molar-refractivity contribution >= 4 is 28.9 Å². The third kappa shape index (κ3) is 2.09. The summed E-state index contributed by atoms with van der Waals surface area (Å²) in [6.07, 6.45) is 0.332. The molecular weight excluding hydrogens is 232 g/mol. The number of hydrogen-bond donors (Lipinski definition) is 4. The molecule has 0 fully saturated rings. The van der Waals surface area contributed by atoms with Crippen molar-refractivity contribution in [1.29, 1.82) is 0 Å². The van der Waals surface area contributed by atoms with Crippen molar-refractivity contribution in [2.24, 2.45) is 5.73 Å². The largest absolute Gasteiger partial charge is 0.397 e. The maximum atomic E-state index is 11.3. The molecule has 1 heterocycles. The molecular formula is C12H16N4O2. The van der Waals surface area contributed by atoms with Gasteiger partial charge in [-0.1, -0.05) is 0 Å². The number of carbonyl (C=O) groups is 2. The van der Waals surface area contributed by atoms with Gasteiger partial charge >= 0.3 is 0 Å². The molecule has 18 heavy (non-hydrogen) atoms. The average molecular weight is 248 g/mol. The Bertz CT molecular complexity index is 537. The normalized spacial score (nSPS) is 14.0. The van der Waals surface area contributed by atoms with Crippen LogP contribution in [0.4, 0.5) is 17.1 Å². The van der Waals surface area contributed by atoms with Crippen LogP contribution in [0, 0.1) is 0 Å². The second kappa shape index (κ2) is 3.90. The summed E-state index contributed by atoms with van der Waals surface area (Å²) in [7, 11) is 0. The summed E-state index contributed by atoms with van der Waals surface area (Å²) >= 11 is 0. The van der Waals surface area contributed by atoms with E-state index in [1.54, 1.807) is 26.0 Å². The minimum Gasteiger partial charge on any atom is -0.397 e. The molecule has 0 saturated heterocycles. The van der Waals surface area contributed by atoms with E-state index in [1.807, 2.05) is 0 Å². The van der Waals surface area contributed by atoms with Gasteiger partial charge in [0.1, 0.15) is 5.54 Å². The molecule has 0 saturated carbocycles. The van der Waals surface area contributed by atoms with Crippen LogP contribution in [0.15, 0.2) is 12.1 Å². The van der Waals surface area contributed by atoms with Gasteiger partial charge in [0, 0.05) is 5.69 Å². The molecule has 0 aromatic heterocycles. The fraction of sp³-hybridized carbons (Fsp3) is 0.333. The summed E-state index contributed by atoms with van der Waals surface area (Å²) in [6, 6.07) is 3.45. The minimum absolute atomic E-state index is 0.0595. The molecule has 96 valence electrons. The van der Waals surface area contributed by atoms with E-state index in [9.17, 15) is 9.59 Å². The van der Waals surface area contributed by atoms with E-state index in [0.29, 0.717) is 17.8 Å². The molecule has 0 atom stereocenters. The Morgan fingerprint density at radius 1 is 1.44 bits per heavy atom. The van der Waals surface area contributed by atoms with Gasteiger partial charge in [-0.2, -0.15) is 0 Å². The molecule has 1 aliphatic rings. The lowest BCUT2D eigenvalue weighted by molar-refractivity contribution is -0.121. The van der Waals surface area contributed by atoms with Crippen molar-refractivity contribution in [3.8, 4) is 0 Å². The second-order valence-electron chi connectivity index (χ2n) is 4.94. The summed E-state index contributed by atoms with van der Waals surface area (Å²) in [4.78, 5) is 22.5. The fourth-order valence-electron chi connectivity index (χ4n) is 1.80. The molecule has 1 aliphatic heterocycles. The van der Waals surface area contributed by atoms with Gasteiger partial charge in [0.05, 0.1) is 17.8 Å². The molecule has 6 nitrogen and oxygen atoms in total. The molecule has 6 N–H and O–H groups in total. The number of rotatable bonds is 3. The van der Waals surface area contributed by atoms with E-state index in [4.69, 9.17) is 11.5 Å². The molecule has 1 aromatic rings. The Balaban J connectivity index is 2.34. The lowest BCUT2D eigenvalue weighted by Gasteiger charge is -2.25. The van der Waals surface area contributed by atoms with Crippen LogP contribution in [0.2, 0.25) is 0 Å². The Labute approximate surface area is 105 Å². The Morgan fingerprint density at radius 3 is 2.72 bits per heavy atom. The SMILES string of the molecule is CC(C)(Nc1cc2c(cc1N)CC(=O)N2)C(N)=O. The van der Waals surface area contributed by atoms with Gasteiger partial charge in [-0.3, -0.25) is 9.59 Å². The van der Waals surface area contributed by atoms with E-state index < -0.39 is 11.4 Å². The molecule has 1 aromatic carbocycles. The maximum absolute atomic E-state index is 11.3. The highest BCUT2D eigenvalue weighted by Crippen LogP contribution is 2.32. The zero-order valence-electron chi connectivity index (χ0n) is 10.3. The first-order valence-electron chi connectivity index (χ1n) is 5.60. The van der Waals surface area contributed by atoms with Crippen molar-refractivity contribution in [3.05, 3.63) is 17.7 Å². The second-order valence-corrected chi connectivity index (χ2v) is 4.94. The van der Waals surface area contributed by atoms with Gasteiger partial charge in [-0.15, -0.1) is 0 Å². The van der Waals surface area contributed by atoms with Gasteiger partial charge in [0.2, 0.25) is 11.8 Å². The first-order chi connectivity index (χ1) is 8.29. The van der Waals surface area contributed by atoms with E-state index in [1.165, 1.54) is 0 Å². The van der Waals surface area contributed by atoms with Gasteiger partial charge in [-0.05, 0) is 31.5 Å². The highest BCUT2D eigenvalue weighted by atomic mass is 16.2. The van der Waals surface area contributed by atoms with Gasteiger partial charge < -0.3 is 22.1 Å². The number of nitrogens with one attached hydrogen (secondary N) is 2. The Morgan fingerprint density at radius 2 is 2.11 bits per heavy atom. The topological polar surface area (TPSA) is 110 Å². The number of primary amides is 1. The van der Waals surface area contributed by atoms with Crippen LogP contribution in [0.5, 0.6) is 0 Å². The summed E-state index contributed by atoms with van der Waals surface area (Å²) in [5, 5.41) is 5.71. The van der Waals surface area contributed by atoms with Crippen LogP contribution in [-0.4, -0.2) is 17.4 Å². The summed E-state index contributed by atoms with van der Waals surface area (Å²) in [5.74, 6) is -0.540. The van der Waals surface area contributed by atoms with Gasteiger partial charge in [0.15, 0.2) is 0 Å². The smallest absolute Gasteiger partial charge is 0.242 e. The molecule has 0 aliphatic carbocycles. The predicted molar refractivity (Wildman–Crippen MR) is 70.1 cm³/mol. The number of anilines is 3. The molecule has 2 amide bonds. The standard InChI is InChI=1S/C12H16N4O2/c1-12(2,11(14)18)16-9-5-8-6(3-7(9)13)4-10(17)15-8/h3,5,16H,4,13H2,1-2H3,(H2,14,18)(H,15,17). The Hall–Kier alpha value is -2.24. The van der Waals surface area contributed by atoms with Crippen LogP contribution in [-0.2, 0) is 16.0 Å². The van der Waals surface area contributed by atoms with Gasteiger partial charge in [0.25, 0.3) is 0 Å². The maximum Gasteiger partial charge on any atom is 0.242 e. The van der Waals surface area contributed by atoms with Crippen molar-refractivity contribution in [1.82, 2.24) is 0 Å². The number of nitrogen functional groups attached to an aromatic ring is 1. The number of hydrogen-bond acceptors (Lipinski definition) is 4. The van der Waals surface area contributed by atoms with Crippen LogP contribution >= 0.6 is 0 Å². The zero-order valence-corrected chi connectivity index (χ0v) is 10.3. The van der Waals surface area contributed by atoms with E-state index in [2.05, 4.69) is 10.6 Å². The molecule has 2 rings (SSSR count). The first kappa shape index (κ1) is 12.2. The molecule has 0 radical (unpaired) electrons. The van der Waals surface area contributed by atoms with Crippen LogP contribution < -0.4 is 22.1 Å². The fourth-order valence-corrected chi connectivity index (χ4v) is 1.80. The molecule has 6 heteroatoms. The molecule has 0 bridgehead atoms. The van der Waals surface area contributed by atoms with Crippen molar-refractivity contribution in [3.63, 3.8) is 0 Å². The van der Waals surface area contributed by atoms with Crippen molar-refractivity contribution in [2.75, 3.05) is 16.4 Å². The van der Waals surface area contributed by atoms with Crippen LogP contribution in [0.25, 0.3) is 0 Å². The highest BCUT2D eigenvalue weighted by Gasteiger charge is 2.26. The summed E-state index contributed by atoms with van der Waals surface area (Å²) in [6.45, 7) is 3.33. The lowest BCUT2D eigenvalue weighted by atomic mass is 10.0. The molecule has 0 spiro atoms. The van der Waals surface area contributed by atoms with E-state index in [0.717, 1.165) is 11.3 Å². The first-order valence-corrected chi connectivity index (χ1v) is 5.60. The third-order valence-electron chi connectivity index (χ3n) is 2.96. The number of fused-ring (bicyclic) bond motifs is 1.